The van der Waals surface area contributed by atoms with Crippen molar-refractivity contribution in [3.05, 3.63) is 29.8 Å². The third-order valence-electron chi connectivity index (χ3n) is 7.28. The zero-order chi connectivity index (χ0) is 25.3. The molecule has 1 N–H and O–H groups in total. The van der Waals surface area contributed by atoms with E-state index in [2.05, 4.69) is 5.32 Å². The van der Waals surface area contributed by atoms with Gasteiger partial charge in [0, 0.05) is 45.0 Å². The fraction of sp³-hybridized carbons (Fsp3) is 0.615. The predicted octanol–water partition coefficient (Wildman–Crippen LogP) is 1.97. The quantitative estimate of drug-likeness (QED) is 0.668. The van der Waals surface area contributed by atoms with Crippen molar-refractivity contribution in [2.75, 3.05) is 45.2 Å². The Labute approximate surface area is 207 Å². The van der Waals surface area contributed by atoms with E-state index in [-0.39, 0.29) is 42.1 Å². The van der Waals surface area contributed by atoms with E-state index in [4.69, 9.17) is 0 Å². The van der Waals surface area contributed by atoms with Crippen LogP contribution in [0.4, 0.5) is 10.5 Å². The number of hydrogen-bond acceptors (Lipinski definition) is 5. The molecule has 9 heteroatoms. The second-order valence-electron chi connectivity index (χ2n) is 10.5. The van der Waals surface area contributed by atoms with Crippen LogP contribution in [0.1, 0.15) is 49.9 Å². The summed E-state index contributed by atoms with van der Waals surface area (Å²) in [6.07, 6.45) is 3.02. The molecule has 4 amide bonds. The summed E-state index contributed by atoms with van der Waals surface area (Å²) < 4.78 is 0. The van der Waals surface area contributed by atoms with Gasteiger partial charge in [0.2, 0.25) is 5.91 Å². The van der Waals surface area contributed by atoms with Crippen LogP contribution in [0.15, 0.2) is 24.3 Å². The molecule has 3 saturated heterocycles. The first-order chi connectivity index (χ1) is 16.7. The number of carbonyl (C=O) groups is 4. The topological polar surface area (TPSA) is 93.3 Å². The fourth-order valence-corrected chi connectivity index (χ4v) is 5.46. The number of fused-ring (bicyclic) bond motifs is 1. The summed E-state index contributed by atoms with van der Waals surface area (Å²) in [7, 11) is 3.86. The summed E-state index contributed by atoms with van der Waals surface area (Å²) in [6, 6.07) is 5.49. The largest absolute Gasteiger partial charge is 0.378 e. The highest BCUT2D eigenvalue weighted by molar-refractivity contribution is 6.00. The molecule has 0 spiro atoms. The summed E-state index contributed by atoms with van der Waals surface area (Å²) in [6.45, 7) is 5.91. The van der Waals surface area contributed by atoms with Gasteiger partial charge in [-0.2, -0.15) is 0 Å². The molecule has 0 aromatic heterocycles. The molecule has 35 heavy (non-hydrogen) atoms. The first kappa shape index (κ1) is 25.0. The fourth-order valence-electron chi connectivity index (χ4n) is 5.46. The van der Waals surface area contributed by atoms with Gasteiger partial charge < -0.3 is 24.9 Å². The van der Waals surface area contributed by atoms with Crippen LogP contribution < -0.4 is 10.2 Å². The van der Waals surface area contributed by atoms with Crippen LogP contribution in [0.25, 0.3) is 0 Å². The van der Waals surface area contributed by atoms with Gasteiger partial charge in [0.1, 0.15) is 12.1 Å². The number of likely N-dealkylation sites (tertiary alicyclic amines) is 3. The van der Waals surface area contributed by atoms with Crippen LogP contribution in [0, 0.1) is 5.92 Å². The van der Waals surface area contributed by atoms with Crippen LogP contribution >= 0.6 is 0 Å². The lowest BCUT2D eigenvalue weighted by Crippen LogP contribution is -2.53. The number of nitrogens with zero attached hydrogens (tertiary/aromatic N) is 4. The maximum Gasteiger partial charge on any atom is 0.320 e. The molecule has 2 unspecified atom stereocenters. The van der Waals surface area contributed by atoms with Gasteiger partial charge in [-0.15, -0.1) is 0 Å². The number of hydrogen-bond donors (Lipinski definition) is 1. The van der Waals surface area contributed by atoms with Gasteiger partial charge in [-0.1, -0.05) is 13.8 Å². The molecule has 0 aliphatic carbocycles. The number of amides is 4. The molecular formula is C26H37N5O4. The van der Waals surface area contributed by atoms with Crippen molar-refractivity contribution in [1.29, 1.82) is 0 Å². The normalized spacial score (nSPS) is 22.5. The lowest BCUT2D eigenvalue weighted by Gasteiger charge is -2.30. The molecule has 3 aliphatic rings. The number of nitrogens with one attached hydrogen (secondary N) is 1. The number of carbonyl (C=O) groups excluding carboxylic acids is 4. The second-order valence-corrected chi connectivity index (χ2v) is 10.5. The van der Waals surface area contributed by atoms with Crippen LogP contribution in [0.3, 0.4) is 0 Å². The van der Waals surface area contributed by atoms with Gasteiger partial charge in [-0.25, -0.2) is 4.79 Å². The van der Waals surface area contributed by atoms with Crippen LogP contribution in [0.5, 0.6) is 0 Å². The molecule has 4 rings (SSSR count). The molecule has 3 heterocycles. The van der Waals surface area contributed by atoms with Gasteiger partial charge in [0.15, 0.2) is 5.78 Å². The molecule has 3 aliphatic heterocycles. The average Bonchev–Trinajstić information content (AvgIpc) is 3.56. The van der Waals surface area contributed by atoms with Crippen LogP contribution in [0.2, 0.25) is 0 Å². The predicted molar refractivity (Wildman–Crippen MR) is 133 cm³/mol. The van der Waals surface area contributed by atoms with Crippen LogP contribution in [-0.4, -0.2) is 96.7 Å². The maximum atomic E-state index is 13.7. The monoisotopic (exact) mass is 483 g/mol. The minimum atomic E-state index is -0.731. The second kappa shape index (κ2) is 10.3. The van der Waals surface area contributed by atoms with Gasteiger partial charge in [-0.3, -0.25) is 14.4 Å². The summed E-state index contributed by atoms with van der Waals surface area (Å²) in [5, 5.41) is 2.92. The van der Waals surface area contributed by atoms with E-state index in [9.17, 15) is 19.2 Å². The van der Waals surface area contributed by atoms with Crippen molar-refractivity contribution in [3.8, 4) is 0 Å². The minimum absolute atomic E-state index is 0.0495. The van der Waals surface area contributed by atoms with Gasteiger partial charge in [0.25, 0.3) is 5.91 Å². The summed E-state index contributed by atoms with van der Waals surface area (Å²) in [5.41, 5.74) is 1.46. The molecule has 190 valence electrons. The Kier molecular flexibility index (Phi) is 7.33. The zero-order valence-electron chi connectivity index (χ0n) is 21.2. The highest BCUT2D eigenvalue weighted by atomic mass is 16.2. The van der Waals surface area contributed by atoms with E-state index in [1.807, 2.05) is 49.9 Å². The van der Waals surface area contributed by atoms with Gasteiger partial charge in [-0.05, 0) is 55.9 Å². The molecule has 0 bridgehead atoms. The number of ketones is 1. The van der Waals surface area contributed by atoms with E-state index in [1.165, 1.54) is 0 Å². The molecule has 3 atom stereocenters. The molecular weight excluding hydrogens is 446 g/mol. The van der Waals surface area contributed by atoms with Crippen molar-refractivity contribution in [1.82, 2.24) is 20.0 Å². The lowest BCUT2D eigenvalue weighted by molar-refractivity contribution is -0.138. The maximum absolute atomic E-state index is 13.7. The Bertz CT molecular complexity index is 970. The first-order valence-electron chi connectivity index (χ1n) is 12.6. The Balaban J connectivity index is 1.47. The molecule has 1 aromatic rings. The van der Waals surface area contributed by atoms with E-state index in [1.54, 1.807) is 21.9 Å². The van der Waals surface area contributed by atoms with Crippen molar-refractivity contribution in [2.24, 2.45) is 5.92 Å². The van der Waals surface area contributed by atoms with E-state index in [0.29, 0.717) is 24.9 Å². The third kappa shape index (κ3) is 5.13. The minimum Gasteiger partial charge on any atom is -0.378 e. The lowest BCUT2D eigenvalue weighted by atomic mass is 10.0. The van der Waals surface area contributed by atoms with Crippen LogP contribution in [-0.2, 0) is 9.59 Å². The SMILES string of the molecule is CC(C)CC(NC(=O)c1ccc(N(C)C)cc1)C(=O)N1CCC2[C@H]1C(=O)CN2C(=O)N1CCCC1. The molecule has 0 radical (unpaired) electrons. The summed E-state index contributed by atoms with van der Waals surface area (Å²) >= 11 is 0. The number of rotatable bonds is 6. The van der Waals surface area contributed by atoms with Crippen molar-refractivity contribution < 1.29 is 19.2 Å². The zero-order valence-corrected chi connectivity index (χ0v) is 21.2. The standard InChI is InChI=1S/C26H37N5O4/c1-17(2)15-20(27-24(33)18-7-9-19(10-8-18)28(3)4)25(34)30-14-11-21-23(30)22(32)16-31(21)26(35)29-12-5-6-13-29/h7-10,17,20-21,23H,5-6,11-16H2,1-4H3,(H,27,33)/t20?,21?,23-/m0/s1. The Morgan fingerprint density at radius 1 is 1.03 bits per heavy atom. The first-order valence-corrected chi connectivity index (χ1v) is 12.6. The highest BCUT2D eigenvalue weighted by Gasteiger charge is 2.53. The molecule has 9 nitrogen and oxygen atoms in total. The third-order valence-corrected chi connectivity index (χ3v) is 7.28. The highest BCUT2D eigenvalue weighted by Crippen LogP contribution is 2.32. The Morgan fingerprint density at radius 2 is 1.69 bits per heavy atom. The van der Waals surface area contributed by atoms with Crippen molar-refractivity contribution in [3.63, 3.8) is 0 Å². The molecule has 1 aromatic carbocycles. The van der Waals surface area contributed by atoms with Gasteiger partial charge >= 0.3 is 6.03 Å². The summed E-state index contributed by atoms with van der Waals surface area (Å²) in [5.74, 6) is -0.476. The number of urea groups is 1. The number of anilines is 1. The van der Waals surface area contributed by atoms with E-state index >= 15 is 0 Å². The number of Topliss-reactive ketones (excluding diaryl/α,β-unsaturated/α-hetero) is 1. The van der Waals surface area contributed by atoms with E-state index in [0.717, 1.165) is 31.6 Å². The van der Waals surface area contributed by atoms with Crippen molar-refractivity contribution >= 4 is 29.3 Å². The molecule has 0 saturated carbocycles. The smallest absolute Gasteiger partial charge is 0.320 e. The van der Waals surface area contributed by atoms with Crippen molar-refractivity contribution in [2.45, 2.75) is 57.7 Å². The summed E-state index contributed by atoms with van der Waals surface area (Å²) in [4.78, 5) is 59.6. The number of benzene rings is 1. The van der Waals surface area contributed by atoms with E-state index < -0.39 is 12.1 Å². The Morgan fingerprint density at radius 3 is 2.29 bits per heavy atom. The Hall–Kier alpha value is -3.10. The molecule has 3 fully saturated rings. The van der Waals surface area contributed by atoms with Gasteiger partial charge in [0.05, 0.1) is 12.6 Å². The average molecular weight is 484 g/mol.